The molecule has 0 amide bonds. The third-order valence-corrected chi connectivity index (χ3v) is 4.30. The maximum Gasteiger partial charge on any atom is 0.0705 e. The summed E-state index contributed by atoms with van der Waals surface area (Å²) in [6.45, 7) is 6.18. The highest BCUT2D eigenvalue weighted by Gasteiger charge is 2.33. The van der Waals surface area contributed by atoms with Crippen LogP contribution in [0, 0.1) is 5.92 Å². The number of benzene rings is 1. The van der Waals surface area contributed by atoms with Gasteiger partial charge < -0.3 is 10.1 Å². The number of hydrogen-bond donors (Lipinski definition) is 1. The van der Waals surface area contributed by atoms with Crippen molar-refractivity contribution in [3.05, 3.63) is 42.1 Å². The molecule has 2 aromatic rings. The lowest BCUT2D eigenvalue weighted by Crippen LogP contribution is -2.32. The summed E-state index contributed by atoms with van der Waals surface area (Å²) in [6, 6.07) is 10.9. The lowest BCUT2D eigenvalue weighted by molar-refractivity contribution is 0.0957. The molecular formula is C17H22N2O. The van der Waals surface area contributed by atoms with E-state index < -0.39 is 0 Å². The first kappa shape index (κ1) is 13.5. The highest BCUT2D eigenvalue weighted by molar-refractivity contribution is 5.82. The van der Waals surface area contributed by atoms with Crippen LogP contribution in [0.5, 0.6) is 0 Å². The summed E-state index contributed by atoms with van der Waals surface area (Å²) in [5.74, 6) is 0.528. The number of rotatable bonds is 4. The number of fused-ring (bicyclic) bond motifs is 1. The van der Waals surface area contributed by atoms with E-state index in [2.05, 4.69) is 48.4 Å². The van der Waals surface area contributed by atoms with Crippen molar-refractivity contribution in [1.82, 2.24) is 10.3 Å². The highest BCUT2D eigenvalue weighted by atomic mass is 16.5. The molecule has 1 aliphatic heterocycles. The van der Waals surface area contributed by atoms with Crippen LogP contribution in [-0.4, -0.2) is 24.2 Å². The monoisotopic (exact) mass is 270 g/mol. The highest BCUT2D eigenvalue weighted by Crippen LogP contribution is 2.35. The van der Waals surface area contributed by atoms with Gasteiger partial charge in [-0.2, -0.15) is 0 Å². The van der Waals surface area contributed by atoms with E-state index >= 15 is 0 Å². The van der Waals surface area contributed by atoms with E-state index in [1.807, 2.05) is 12.3 Å². The van der Waals surface area contributed by atoms with E-state index in [4.69, 9.17) is 4.74 Å². The minimum atomic E-state index is 0.311. The molecule has 1 fully saturated rings. The Balaban J connectivity index is 2.05. The minimum Gasteiger partial charge on any atom is -0.378 e. The normalized spacial score (nSPS) is 24.1. The first-order chi connectivity index (χ1) is 9.81. The van der Waals surface area contributed by atoms with Crippen LogP contribution in [-0.2, 0) is 4.74 Å². The molecule has 0 spiro atoms. The molecule has 0 saturated carbocycles. The molecule has 3 rings (SSSR count). The lowest BCUT2D eigenvalue weighted by Gasteiger charge is -2.28. The van der Waals surface area contributed by atoms with Gasteiger partial charge in [0.25, 0.3) is 0 Å². The number of aromatic nitrogens is 1. The standard InChI is InChI=1S/C17H22N2O/c1-3-18-17(13-9-11-20-12(13)2)15-6-4-8-16-14(15)7-5-10-19-16/h4-8,10,12-13,17-18H,3,9,11H2,1-2H3. The molecule has 3 heteroatoms. The molecule has 1 N–H and O–H groups in total. The largest absolute Gasteiger partial charge is 0.378 e. The van der Waals surface area contributed by atoms with Crippen LogP contribution in [0.2, 0.25) is 0 Å². The van der Waals surface area contributed by atoms with Gasteiger partial charge in [-0.25, -0.2) is 0 Å². The maximum atomic E-state index is 5.77. The molecule has 1 aromatic heterocycles. The fourth-order valence-corrected chi connectivity index (χ4v) is 3.30. The Morgan fingerprint density at radius 2 is 2.25 bits per heavy atom. The van der Waals surface area contributed by atoms with Gasteiger partial charge in [0.1, 0.15) is 0 Å². The Morgan fingerprint density at radius 1 is 1.35 bits per heavy atom. The van der Waals surface area contributed by atoms with Crippen molar-refractivity contribution in [3.8, 4) is 0 Å². The second-order valence-electron chi connectivity index (χ2n) is 5.48. The SMILES string of the molecule is CCNC(c1cccc2ncccc12)C1CCOC1C. The van der Waals surface area contributed by atoms with E-state index in [1.54, 1.807) is 0 Å². The fraction of sp³-hybridized carbons (Fsp3) is 0.471. The van der Waals surface area contributed by atoms with Gasteiger partial charge in [0.05, 0.1) is 11.6 Å². The molecular weight excluding hydrogens is 248 g/mol. The molecule has 3 atom stereocenters. The number of hydrogen-bond acceptors (Lipinski definition) is 3. The maximum absolute atomic E-state index is 5.77. The van der Waals surface area contributed by atoms with Crippen molar-refractivity contribution in [1.29, 1.82) is 0 Å². The zero-order chi connectivity index (χ0) is 13.9. The van der Waals surface area contributed by atoms with Crippen LogP contribution in [0.1, 0.15) is 31.9 Å². The predicted octanol–water partition coefficient (Wildman–Crippen LogP) is 3.31. The Hall–Kier alpha value is -1.45. The Morgan fingerprint density at radius 3 is 3.00 bits per heavy atom. The minimum absolute atomic E-state index is 0.311. The zero-order valence-electron chi connectivity index (χ0n) is 12.2. The van der Waals surface area contributed by atoms with E-state index in [-0.39, 0.29) is 0 Å². The number of nitrogens with zero attached hydrogens (tertiary/aromatic N) is 1. The Bertz CT molecular complexity index is 579. The number of pyridine rings is 1. The summed E-state index contributed by atoms with van der Waals surface area (Å²) in [5.41, 5.74) is 2.42. The van der Waals surface area contributed by atoms with Crippen molar-refractivity contribution in [3.63, 3.8) is 0 Å². The predicted molar refractivity (Wildman–Crippen MR) is 81.7 cm³/mol. The molecule has 0 radical (unpaired) electrons. The van der Waals surface area contributed by atoms with Crippen molar-refractivity contribution in [2.45, 2.75) is 32.4 Å². The molecule has 0 aliphatic carbocycles. The average Bonchev–Trinajstić information content (AvgIpc) is 2.90. The quantitative estimate of drug-likeness (QED) is 0.925. The van der Waals surface area contributed by atoms with Gasteiger partial charge in [-0.15, -0.1) is 0 Å². The van der Waals surface area contributed by atoms with Crippen molar-refractivity contribution in [2.75, 3.05) is 13.2 Å². The van der Waals surface area contributed by atoms with Gasteiger partial charge >= 0.3 is 0 Å². The van der Waals surface area contributed by atoms with Crippen LogP contribution in [0.4, 0.5) is 0 Å². The topological polar surface area (TPSA) is 34.2 Å². The molecule has 20 heavy (non-hydrogen) atoms. The van der Waals surface area contributed by atoms with Crippen molar-refractivity contribution >= 4 is 10.9 Å². The van der Waals surface area contributed by atoms with E-state index in [9.17, 15) is 0 Å². The molecule has 1 aromatic carbocycles. The van der Waals surface area contributed by atoms with Gasteiger partial charge in [0, 0.05) is 30.1 Å². The van der Waals surface area contributed by atoms with Crippen molar-refractivity contribution in [2.24, 2.45) is 5.92 Å². The van der Waals surface area contributed by atoms with E-state index in [1.165, 1.54) is 10.9 Å². The van der Waals surface area contributed by atoms with Gasteiger partial charge in [0.2, 0.25) is 0 Å². The molecule has 1 saturated heterocycles. The second-order valence-corrected chi connectivity index (χ2v) is 5.48. The number of ether oxygens (including phenoxy) is 1. The summed E-state index contributed by atoms with van der Waals surface area (Å²) in [7, 11) is 0. The summed E-state index contributed by atoms with van der Waals surface area (Å²) >= 11 is 0. The molecule has 0 bridgehead atoms. The van der Waals surface area contributed by atoms with Crippen LogP contribution >= 0.6 is 0 Å². The van der Waals surface area contributed by atoms with Gasteiger partial charge in [0.15, 0.2) is 0 Å². The molecule has 2 heterocycles. The first-order valence-electron chi connectivity index (χ1n) is 7.50. The van der Waals surface area contributed by atoms with E-state index in [0.29, 0.717) is 18.1 Å². The zero-order valence-corrected chi connectivity index (χ0v) is 12.2. The van der Waals surface area contributed by atoms with Gasteiger partial charge in [-0.05, 0) is 37.6 Å². The number of nitrogens with one attached hydrogen (secondary N) is 1. The summed E-state index contributed by atoms with van der Waals surface area (Å²) in [4.78, 5) is 4.47. The van der Waals surface area contributed by atoms with Crippen LogP contribution in [0.25, 0.3) is 10.9 Å². The second kappa shape index (κ2) is 5.90. The smallest absolute Gasteiger partial charge is 0.0705 e. The lowest BCUT2D eigenvalue weighted by atomic mass is 9.86. The average molecular weight is 270 g/mol. The van der Waals surface area contributed by atoms with Crippen molar-refractivity contribution < 1.29 is 4.74 Å². The molecule has 1 aliphatic rings. The van der Waals surface area contributed by atoms with Gasteiger partial charge in [-0.1, -0.05) is 25.1 Å². The third-order valence-electron chi connectivity index (χ3n) is 4.30. The molecule has 3 unspecified atom stereocenters. The van der Waals surface area contributed by atoms with Gasteiger partial charge in [-0.3, -0.25) is 4.98 Å². The molecule has 106 valence electrons. The van der Waals surface area contributed by atoms with E-state index in [0.717, 1.165) is 25.1 Å². The van der Waals surface area contributed by atoms with Crippen LogP contribution in [0.15, 0.2) is 36.5 Å². The Labute approximate surface area is 120 Å². The molecule has 3 nitrogen and oxygen atoms in total. The summed E-state index contributed by atoms with van der Waals surface area (Å²) < 4.78 is 5.77. The Kier molecular flexibility index (Phi) is 3.99. The first-order valence-corrected chi connectivity index (χ1v) is 7.50. The summed E-state index contributed by atoms with van der Waals surface area (Å²) in [5, 5.41) is 4.91. The van der Waals surface area contributed by atoms with Crippen LogP contribution in [0.3, 0.4) is 0 Å². The third kappa shape index (κ3) is 2.43. The van der Waals surface area contributed by atoms with Crippen LogP contribution < -0.4 is 5.32 Å². The fourth-order valence-electron chi connectivity index (χ4n) is 3.30. The summed E-state index contributed by atoms with van der Waals surface area (Å²) in [6.07, 6.45) is 3.29.